The van der Waals surface area contributed by atoms with Crippen LogP contribution in [0.1, 0.15) is 33.1 Å². The molecule has 0 aliphatic rings. The van der Waals surface area contributed by atoms with E-state index in [0.29, 0.717) is 31.5 Å². The van der Waals surface area contributed by atoms with Crippen molar-refractivity contribution in [1.82, 2.24) is 4.72 Å². The lowest BCUT2D eigenvalue weighted by molar-refractivity contribution is -0.116. The van der Waals surface area contributed by atoms with Crippen LogP contribution < -0.4 is 15.8 Å². The highest BCUT2D eigenvalue weighted by Gasteiger charge is 2.17. The molecule has 7 heteroatoms. The van der Waals surface area contributed by atoms with Gasteiger partial charge < -0.3 is 11.1 Å². The molecule has 0 aliphatic carbocycles. The molecule has 0 aromatic heterocycles. The third-order valence-electron chi connectivity index (χ3n) is 3.00. The summed E-state index contributed by atoms with van der Waals surface area (Å²) in [5.74, 6) is -0.176. The SMILES string of the molecule is CCC(C)NS(=O)(=O)c1cccc(NC(=O)CCCN)c1. The summed E-state index contributed by atoms with van der Waals surface area (Å²) < 4.78 is 26.9. The van der Waals surface area contributed by atoms with Gasteiger partial charge in [0.05, 0.1) is 4.90 Å². The van der Waals surface area contributed by atoms with Gasteiger partial charge in [0.2, 0.25) is 15.9 Å². The van der Waals surface area contributed by atoms with Crippen LogP contribution in [0.15, 0.2) is 29.2 Å². The van der Waals surface area contributed by atoms with E-state index >= 15 is 0 Å². The number of amides is 1. The maximum atomic E-state index is 12.2. The Kier molecular flexibility index (Phi) is 6.80. The second-order valence-electron chi connectivity index (χ2n) is 4.90. The molecule has 0 radical (unpaired) electrons. The summed E-state index contributed by atoms with van der Waals surface area (Å²) in [6.07, 6.45) is 1.62. The van der Waals surface area contributed by atoms with E-state index in [9.17, 15) is 13.2 Å². The minimum absolute atomic E-state index is 0.138. The fourth-order valence-electron chi connectivity index (χ4n) is 1.64. The molecule has 6 nitrogen and oxygen atoms in total. The first-order valence-corrected chi connectivity index (χ1v) is 8.49. The van der Waals surface area contributed by atoms with Gasteiger partial charge in [0.1, 0.15) is 0 Å². The summed E-state index contributed by atoms with van der Waals surface area (Å²) in [4.78, 5) is 11.8. The van der Waals surface area contributed by atoms with Crippen molar-refractivity contribution in [3.05, 3.63) is 24.3 Å². The van der Waals surface area contributed by atoms with Crippen LogP contribution in [0.2, 0.25) is 0 Å². The van der Waals surface area contributed by atoms with E-state index in [1.54, 1.807) is 19.1 Å². The lowest BCUT2D eigenvalue weighted by Crippen LogP contribution is -2.32. The number of benzene rings is 1. The first kappa shape index (κ1) is 17.6. The van der Waals surface area contributed by atoms with E-state index in [1.165, 1.54) is 12.1 Å². The zero-order valence-corrected chi connectivity index (χ0v) is 13.2. The number of hydrogen-bond acceptors (Lipinski definition) is 4. The minimum Gasteiger partial charge on any atom is -0.330 e. The van der Waals surface area contributed by atoms with Crippen molar-refractivity contribution in [1.29, 1.82) is 0 Å². The van der Waals surface area contributed by atoms with Crippen LogP contribution in [-0.2, 0) is 14.8 Å². The molecule has 1 aromatic rings. The predicted octanol–water partition coefficient (Wildman–Crippen LogP) is 1.44. The fraction of sp³-hybridized carbons (Fsp3) is 0.500. The van der Waals surface area contributed by atoms with Crippen molar-refractivity contribution in [2.24, 2.45) is 5.73 Å². The second kappa shape index (κ2) is 8.11. The maximum Gasteiger partial charge on any atom is 0.240 e. The van der Waals surface area contributed by atoms with Crippen molar-refractivity contribution < 1.29 is 13.2 Å². The number of sulfonamides is 1. The number of nitrogens with one attached hydrogen (secondary N) is 2. The third kappa shape index (κ3) is 5.82. The smallest absolute Gasteiger partial charge is 0.240 e. The highest BCUT2D eigenvalue weighted by Crippen LogP contribution is 2.16. The molecular weight excluding hydrogens is 290 g/mol. The fourth-order valence-corrected chi connectivity index (χ4v) is 3.02. The molecule has 0 aliphatic heterocycles. The van der Waals surface area contributed by atoms with Gasteiger partial charge in [0.25, 0.3) is 0 Å². The highest BCUT2D eigenvalue weighted by atomic mass is 32.2. The van der Waals surface area contributed by atoms with Crippen LogP contribution in [0.3, 0.4) is 0 Å². The van der Waals surface area contributed by atoms with Gasteiger partial charge in [0, 0.05) is 18.2 Å². The van der Waals surface area contributed by atoms with E-state index in [2.05, 4.69) is 10.0 Å². The van der Waals surface area contributed by atoms with Crippen LogP contribution in [0.5, 0.6) is 0 Å². The Morgan fingerprint density at radius 2 is 2.10 bits per heavy atom. The molecule has 0 bridgehead atoms. The van der Waals surface area contributed by atoms with Gasteiger partial charge in [-0.3, -0.25) is 4.79 Å². The summed E-state index contributed by atoms with van der Waals surface area (Å²) in [5.41, 5.74) is 5.81. The Morgan fingerprint density at radius 1 is 1.38 bits per heavy atom. The molecule has 1 aromatic carbocycles. The molecule has 0 saturated heterocycles. The Labute approximate surface area is 126 Å². The number of carbonyl (C=O) groups excluding carboxylic acids is 1. The van der Waals surface area contributed by atoms with Gasteiger partial charge in [-0.2, -0.15) is 0 Å². The first-order valence-electron chi connectivity index (χ1n) is 7.01. The Balaban J connectivity index is 2.83. The molecule has 0 saturated carbocycles. The molecule has 1 unspecified atom stereocenters. The van der Waals surface area contributed by atoms with Crippen LogP contribution in [0.25, 0.3) is 0 Å². The number of rotatable bonds is 8. The molecule has 1 atom stereocenters. The molecular formula is C14H23N3O3S. The van der Waals surface area contributed by atoms with Crippen LogP contribution in [0, 0.1) is 0 Å². The van der Waals surface area contributed by atoms with E-state index < -0.39 is 10.0 Å². The molecule has 0 heterocycles. The van der Waals surface area contributed by atoms with Gasteiger partial charge in [-0.25, -0.2) is 13.1 Å². The largest absolute Gasteiger partial charge is 0.330 e. The summed E-state index contributed by atoms with van der Waals surface area (Å²) in [5, 5.41) is 2.67. The summed E-state index contributed by atoms with van der Waals surface area (Å²) in [7, 11) is -3.57. The van der Waals surface area contributed by atoms with Crippen molar-refractivity contribution in [3.63, 3.8) is 0 Å². The van der Waals surface area contributed by atoms with E-state index in [4.69, 9.17) is 5.73 Å². The summed E-state index contributed by atoms with van der Waals surface area (Å²) in [6.45, 7) is 4.15. The second-order valence-corrected chi connectivity index (χ2v) is 6.61. The Morgan fingerprint density at radius 3 is 2.71 bits per heavy atom. The normalized spacial score (nSPS) is 12.9. The monoisotopic (exact) mass is 313 g/mol. The van der Waals surface area contributed by atoms with Crippen LogP contribution in [0.4, 0.5) is 5.69 Å². The average Bonchev–Trinajstić information content (AvgIpc) is 2.44. The topological polar surface area (TPSA) is 101 Å². The molecule has 1 amide bonds. The van der Waals surface area contributed by atoms with Gasteiger partial charge in [-0.15, -0.1) is 0 Å². The number of carbonyl (C=O) groups is 1. The Hall–Kier alpha value is -1.44. The Bertz CT molecular complexity index is 573. The van der Waals surface area contributed by atoms with Crippen LogP contribution in [-0.4, -0.2) is 26.9 Å². The molecule has 21 heavy (non-hydrogen) atoms. The standard InChI is InChI=1S/C14H23N3O3S/c1-3-11(2)17-21(19,20)13-7-4-6-12(10-13)16-14(18)8-5-9-15/h4,6-7,10-11,17H,3,5,8-9,15H2,1-2H3,(H,16,18). The number of nitrogens with two attached hydrogens (primary N) is 1. The number of anilines is 1. The minimum atomic E-state index is -3.57. The summed E-state index contributed by atoms with van der Waals surface area (Å²) >= 11 is 0. The molecule has 0 fully saturated rings. The van der Waals surface area contributed by atoms with E-state index in [0.717, 1.165) is 0 Å². The van der Waals surface area contributed by atoms with E-state index in [1.807, 2.05) is 6.92 Å². The average molecular weight is 313 g/mol. The molecule has 1 rings (SSSR count). The zero-order valence-electron chi connectivity index (χ0n) is 12.4. The number of hydrogen-bond donors (Lipinski definition) is 3. The van der Waals surface area contributed by atoms with Crippen LogP contribution >= 0.6 is 0 Å². The summed E-state index contributed by atoms with van der Waals surface area (Å²) in [6, 6.07) is 6.07. The first-order chi connectivity index (χ1) is 9.89. The lowest BCUT2D eigenvalue weighted by atomic mass is 10.2. The van der Waals surface area contributed by atoms with Crippen molar-refractivity contribution >= 4 is 21.6 Å². The van der Waals surface area contributed by atoms with Crippen molar-refractivity contribution in [2.45, 2.75) is 44.0 Å². The lowest BCUT2D eigenvalue weighted by Gasteiger charge is -2.13. The quantitative estimate of drug-likeness (QED) is 0.676. The van der Waals surface area contributed by atoms with Gasteiger partial charge in [-0.05, 0) is 44.5 Å². The third-order valence-corrected chi connectivity index (χ3v) is 4.59. The highest BCUT2D eigenvalue weighted by molar-refractivity contribution is 7.89. The van der Waals surface area contributed by atoms with Gasteiger partial charge in [0.15, 0.2) is 0 Å². The van der Waals surface area contributed by atoms with Gasteiger partial charge >= 0.3 is 0 Å². The maximum absolute atomic E-state index is 12.2. The van der Waals surface area contributed by atoms with E-state index in [-0.39, 0.29) is 16.8 Å². The predicted molar refractivity (Wildman–Crippen MR) is 83.4 cm³/mol. The zero-order chi connectivity index (χ0) is 15.9. The molecule has 4 N–H and O–H groups in total. The van der Waals surface area contributed by atoms with Crippen molar-refractivity contribution in [2.75, 3.05) is 11.9 Å². The molecule has 118 valence electrons. The molecule has 0 spiro atoms. The van der Waals surface area contributed by atoms with Crippen molar-refractivity contribution in [3.8, 4) is 0 Å². The van der Waals surface area contributed by atoms with Gasteiger partial charge in [-0.1, -0.05) is 13.0 Å².